The number of anilines is 2. The van der Waals surface area contributed by atoms with E-state index in [4.69, 9.17) is 0 Å². The third-order valence-corrected chi connectivity index (χ3v) is 6.13. The Morgan fingerprint density at radius 2 is 1.80 bits per heavy atom. The summed E-state index contributed by atoms with van der Waals surface area (Å²) in [6.45, 7) is 2.53. The first-order valence-electron chi connectivity index (χ1n) is 11.0. The summed E-state index contributed by atoms with van der Waals surface area (Å²) in [4.78, 5) is 22.8. The van der Waals surface area contributed by atoms with Crippen LogP contribution in [0.4, 0.5) is 17.1 Å². The lowest BCUT2D eigenvalue weighted by Crippen LogP contribution is -2.12. The van der Waals surface area contributed by atoms with Gasteiger partial charge in [0.05, 0.1) is 11.5 Å². The van der Waals surface area contributed by atoms with Crippen molar-refractivity contribution in [3.05, 3.63) is 100 Å². The first-order valence-corrected chi connectivity index (χ1v) is 12.0. The van der Waals surface area contributed by atoms with Gasteiger partial charge >= 0.3 is 0 Å². The standard InChI is InChI=1S/C25H24N6O3S/c1-18-8-5-6-13-22(18)26-17-23-28-29-25(30(23)20-10-3-2-4-11-20)35-15-14-24(32)27-19-9-7-12-21(16-19)31(33)34/h2-13,16,26H,14-15,17H2,1H3,(H,27,32). The molecule has 0 spiro atoms. The highest BCUT2D eigenvalue weighted by Crippen LogP contribution is 2.24. The summed E-state index contributed by atoms with van der Waals surface area (Å²) in [5.74, 6) is 0.991. The number of nitrogens with zero attached hydrogens (tertiary/aromatic N) is 4. The molecule has 1 heterocycles. The number of amides is 1. The van der Waals surface area contributed by atoms with E-state index in [1.54, 1.807) is 6.07 Å². The lowest BCUT2D eigenvalue weighted by molar-refractivity contribution is -0.384. The maximum Gasteiger partial charge on any atom is 0.271 e. The molecular formula is C25H24N6O3S. The number of aromatic nitrogens is 3. The molecular weight excluding hydrogens is 464 g/mol. The number of carbonyl (C=O) groups is 1. The average Bonchev–Trinajstić information content (AvgIpc) is 3.27. The second-order valence-corrected chi connectivity index (χ2v) is 8.75. The summed E-state index contributed by atoms with van der Waals surface area (Å²) in [7, 11) is 0. The van der Waals surface area contributed by atoms with E-state index in [1.165, 1.54) is 30.0 Å². The molecule has 1 amide bonds. The van der Waals surface area contributed by atoms with E-state index in [0.29, 0.717) is 23.1 Å². The minimum Gasteiger partial charge on any atom is -0.378 e. The number of carbonyl (C=O) groups excluding carboxylic acids is 1. The molecule has 3 aromatic carbocycles. The fourth-order valence-corrected chi connectivity index (χ4v) is 4.35. The number of benzene rings is 3. The van der Waals surface area contributed by atoms with E-state index >= 15 is 0 Å². The van der Waals surface area contributed by atoms with Gasteiger partial charge in [-0.05, 0) is 36.8 Å². The Hall–Kier alpha value is -4.18. The van der Waals surface area contributed by atoms with Gasteiger partial charge in [0.1, 0.15) is 0 Å². The van der Waals surface area contributed by atoms with Crippen LogP contribution in [0.3, 0.4) is 0 Å². The Bertz CT molecular complexity index is 1330. The summed E-state index contributed by atoms with van der Waals surface area (Å²) < 4.78 is 1.98. The van der Waals surface area contributed by atoms with Gasteiger partial charge in [-0.3, -0.25) is 19.5 Å². The van der Waals surface area contributed by atoms with E-state index < -0.39 is 4.92 Å². The van der Waals surface area contributed by atoms with Crippen molar-refractivity contribution in [2.75, 3.05) is 16.4 Å². The number of para-hydroxylation sites is 2. The zero-order valence-electron chi connectivity index (χ0n) is 19.0. The van der Waals surface area contributed by atoms with Gasteiger partial charge in [0, 0.05) is 41.4 Å². The summed E-state index contributed by atoms with van der Waals surface area (Å²) >= 11 is 1.43. The molecule has 0 atom stereocenters. The number of rotatable bonds is 10. The zero-order chi connectivity index (χ0) is 24.6. The predicted molar refractivity (Wildman–Crippen MR) is 137 cm³/mol. The monoisotopic (exact) mass is 488 g/mol. The quantitative estimate of drug-likeness (QED) is 0.179. The fraction of sp³-hybridized carbons (Fsp3) is 0.160. The van der Waals surface area contributed by atoms with Crippen molar-refractivity contribution >= 4 is 34.7 Å². The minimum absolute atomic E-state index is 0.0695. The summed E-state index contributed by atoms with van der Waals surface area (Å²) in [5.41, 5.74) is 3.43. The van der Waals surface area contributed by atoms with Gasteiger partial charge in [0.2, 0.25) is 5.91 Å². The van der Waals surface area contributed by atoms with Crippen LogP contribution in [0.1, 0.15) is 17.8 Å². The topological polar surface area (TPSA) is 115 Å². The molecule has 0 fully saturated rings. The number of thioether (sulfide) groups is 1. The van der Waals surface area contributed by atoms with Crippen LogP contribution in [-0.4, -0.2) is 31.3 Å². The lowest BCUT2D eigenvalue weighted by atomic mass is 10.2. The Kier molecular flexibility index (Phi) is 7.74. The van der Waals surface area contributed by atoms with Gasteiger partial charge < -0.3 is 10.6 Å². The van der Waals surface area contributed by atoms with Gasteiger partial charge in [-0.15, -0.1) is 10.2 Å². The van der Waals surface area contributed by atoms with Crippen LogP contribution in [0.5, 0.6) is 0 Å². The molecule has 4 rings (SSSR count). The SMILES string of the molecule is Cc1ccccc1NCc1nnc(SCCC(=O)Nc2cccc([N+](=O)[O-])c2)n1-c1ccccc1. The third-order valence-electron chi connectivity index (χ3n) is 5.20. The summed E-state index contributed by atoms with van der Waals surface area (Å²) in [6, 6.07) is 23.8. The van der Waals surface area contributed by atoms with E-state index in [9.17, 15) is 14.9 Å². The summed E-state index contributed by atoms with van der Waals surface area (Å²) in [5, 5.41) is 26.5. The molecule has 0 unspecified atom stereocenters. The summed E-state index contributed by atoms with van der Waals surface area (Å²) in [6.07, 6.45) is 0.214. The molecule has 35 heavy (non-hydrogen) atoms. The van der Waals surface area contributed by atoms with Crippen molar-refractivity contribution in [3.8, 4) is 5.69 Å². The fourth-order valence-electron chi connectivity index (χ4n) is 3.45. The van der Waals surface area contributed by atoms with Crippen molar-refractivity contribution in [2.45, 2.75) is 25.0 Å². The van der Waals surface area contributed by atoms with Crippen LogP contribution < -0.4 is 10.6 Å². The van der Waals surface area contributed by atoms with E-state index in [-0.39, 0.29) is 18.0 Å². The van der Waals surface area contributed by atoms with Crippen molar-refractivity contribution < 1.29 is 9.72 Å². The molecule has 0 bridgehead atoms. The Morgan fingerprint density at radius 3 is 2.57 bits per heavy atom. The number of nitro groups is 1. The van der Waals surface area contributed by atoms with Crippen LogP contribution in [0.2, 0.25) is 0 Å². The average molecular weight is 489 g/mol. The Labute approximate surface area is 206 Å². The maximum absolute atomic E-state index is 12.4. The molecule has 0 aliphatic carbocycles. The Morgan fingerprint density at radius 1 is 1.03 bits per heavy atom. The maximum atomic E-state index is 12.4. The highest BCUT2D eigenvalue weighted by molar-refractivity contribution is 7.99. The molecule has 2 N–H and O–H groups in total. The van der Waals surface area contributed by atoms with Gasteiger partial charge in [-0.1, -0.05) is 54.2 Å². The van der Waals surface area contributed by atoms with Crippen LogP contribution in [0.25, 0.3) is 5.69 Å². The molecule has 1 aromatic heterocycles. The van der Waals surface area contributed by atoms with Crippen molar-refractivity contribution in [3.63, 3.8) is 0 Å². The van der Waals surface area contributed by atoms with Crippen LogP contribution in [-0.2, 0) is 11.3 Å². The number of aryl methyl sites for hydroxylation is 1. The molecule has 0 saturated heterocycles. The molecule has 178 valence electrons. The highest BCUT2D eigenvalue weighted by atomic mass is 32.2. The van der Waals surface area contributed by atoms with Crippen molar-refractivity contribution in [1.29, 1.82) is 0 Å². The number of nitro benzene ring substituents is 1. The largest absolute Gasteiger partial charge is 0.378 e. The normalized spacial score (nSPS) is 10.7. The number of non-ortho nitro benzene ring substituents is 1. The smallest absolute Gasteiger partial charge is 0.271 e. The van der Waals surface area contributed by atoms with Gasteiger partial charge in [-0.25, -0.2) is 0 Å². The van der Waals surface area contributed by atoms with Gasteiger partial charge in [-0.2, -0.15) is 0 Å². The predicted octanol–water partition coefficient (Wildman–Crippen LogP) is 5.22. The lowest BCUT2D eigenvalue weighted by Gasteiger charge is -2.12. The zero-order valence-corrected chi connectivity index (χ0v) is 19.9. The molecule has 0 radical (unpaired) electrons. The number of hydrogen-bond acceptors (Lipinski definition) is 7. The van der Waals surface area contributed by atoms with E-state index in [1.807, 2.05) is 66.1 Å². The molecule has 9 nitrogen and oxygen atoms in total. The number of nitrogens with one attached hydrogen (secondary N) is 2. The van der Waals surface area contributed by atoms with Crippen LogP contribution in [0.15, 0.2) is 84.0 Å². The van der Waals surface area contributed by atoms with E-state index in [2.05, 4.69) is 20.8 Å². The molecule has 0 saturated carbocycles. The molecule has 0 aliphatic rings. The third kappa shape index (κ3) is 6.24. The van der Waals surface area contributed by atoms with Gasteiger partial charge in [0.15, 0.2) is 11.0 Å². The second kappa shape index (κ2) is 11.3. The molecule has 4 aromatic rings. The molecule has 10 heteroatoms. The van der Waals surface area contributed by atoms with E-state index in [0.717, 1.165) is 22.8 Å². The highest BCUT2D eigenvalue weighted by Gasteiger charge is 2.15. The van der Waals surface area contributed by atoms with Crippen molar-refractivity contribution in [2.24, 2.45) is 0 Å². The Balaban J connectivity index is 1.42. The van der Waals surface area contributed by atoms with Crippen LogP contribution in [0, 0.1) is 17.0 Å². The van der Waals surface area contributed by atoms with Crippen molar-refractivity contribution in [1.82, 2.24) is 14.8 Å². The number of hydrogen-bond donors (Lipinski definition) is 2. The second-order valence-electron chi connectivity index (χ2n) is 7.69. The minimum atomic E-state index is -0.493. The first-order chi connectivity index (χ1) is 17.0. The van der Waals surface area contributed by atoms with Crippen LogP contribution >= 0.6 is 11.8 Å². The first kappa shape index (κ1) is 24.0. The van der Waals surface area contributed by atoms with Gasteiger partial charge in [0.25, 0.3) is 5.69 Å². The molecule has 0 aliphatic heterocycles.